The summed E-state index contributed by atoms with van der Waals surface area (Å²) in [7, 11) is 1.91. The van der Waals surface area contributed by atoms with Gasteiger partial charge in [0.15, 0.2) is 5.82 Å². The van der Waals surface area contributed by atoms with E-state index in [-0.39, 0.29) is 0 Å². The smallest absolute Gasteiger partial charge is 0.175 e. The van der Waals surface area contributed by atoms with Gasteiger partial charge in [0, 0.05) is 13.0 Å². The van der Waals surface area contributed by atoms with Crippen molar-refractivity contribution in [2.75, 3.05) is 13.6 Å². The van der Waals surface area contributed by atoms with E-state index in [1.54, 1.807) is 4.80 Å². The molecule has 0 bridgehead atoms. The van der Waals surface area contributed by atoms with Gasteiger partial charge in [-0.25, -0.2) is 0 Å². The van der Waals surface area contributed by atoms with Crippen LogP contribution in [0.25, 0.3) is 0 Å². The van der Waals surface area contributed by atoms with Gasteiger partial charge in [-0.15, -0.1) is 10.2 Å². The first-order valence-corrected chi connectivity index (χ1v) is 6.25. The van der Waals surface area contributed by atoms with E-state index < -0.39 is 0 Å². The predicted octanol–water partition coefficient (Wildman–Crippen LogP) is 0.986. The Morgan fingerprint density at radius 3 is 2.83 bits per heavy atom. The molecule has 0 unspecified atom stereocenters. The fraction of sp³-hybridized carbons (Fsp3) is 0.462. The summed E-state index contributed by atoms with van der Waals surface area (Å²) in [5, 5.41) is 15.5. The molecule has 18 heavy (non-hydrogen) atoms. The molecule has 2 rings (SSSR count). The van der Waals surface area contributed by atoms with Crippen LogP contribution in [0.5, 0.6) is 0 Å². The maximum absolute atomic E-state index is 4.35. The number of rotatable bonds is 6. The fourth-order valence-electron chi connectivity index (χ4n) is 1.82. The zero-order chi connectivity index (χ0) is 12.8. The van der Waals surface area contributed by atoms with Gasteiger partial charge >= 0.3 is 0 Å². The number of aryl methyl sites for hydroxylation is 3. The van der Waals surface area contributed by atoms with E-state index in [0.29, 0.717) is 0 Å². The van der Waals surface area contributed by atoms with Gasteiger partial charge in [0.2, 0.25) is 0 Å². The van der Waals surface area contributed by atoms with Crippen molar-refractivity contribution < 1.29 is 0 Å². The first-order valence-electron chi connectivity index (χ1n) is 6.25. The Hall–Kier alpha value is -1.75. The molecule has 0 aliphatic rings. The Morgan fingerprint density at radius 1 is 1.22 bits per heavy atom. The average Bonchev–Trinajstić information content (AvgIpc) is 2.83. The molecule has 1 heterocycles. The van der Waals surface area contributed by atoms with Crippen LogP contribution in [0.3, 0.4) is 0 Å². The molecule has 1 aromatic heterocycles. The van der Waals surface area contributed by atoms with Gasteiger partial charge in [-0.3, -0.25) is 0 Å². The Bertz CT molecular complexity index is 492. The molecule has 0 fully saturated rings. The number of aromatic nitrogens is 4. The Morgan fingerprint density at radius 2 is 2.06 bits per heavy atom. The van der Waals surface area contributed by atoms with Crippen molar-refractivity contribution >= 4 is 0 Å². The van der Waals surface area contributed by atoms with Crippen LogP contribution in [0, 0.1) is 6.92 Å². The SMILES string of the molecule is CNCCn1nnc(CCc2ccccc2C)n1. The molecule has 0 radical (unpaired) electrons. The van der Waals surface area contributed by atoms with Crippen molar-refractivity contribution in [3.63, 3.8) is 0 Å². The second kappa shape index (κ2) is 6.26. The van der Waals surface area contributed by atoms with Gasteiger partial charge in [0.25, 0.3) is 0 Å². The second-order valence-electron chi connectivity index (χ2n) is 4.33. The van der Waals surface area contributed by atoms with E-state index in [9.17, 15) is 0 Å². The lowest BCUT2D eigenvalue weighted by atomic mass is 10.0. The Labute approximate surface area is 107 Å². The third kappa shape index (κ3) is 3.37. The lowest BCUT2D eigenvalue weighted by molar-refractivity contribution is 0.505. The monoisotopic (exact) mass is 245 g/mol. The van der Waals surface area contributed by atoms with Crippen molar-refractivity contribution in [2.24, 2.45) is 0 Å². The molecule has 0 spiro atoms. The van der Waals surface area contributed by atoms with E-state index in [1.165, 1.54) is 11.1 Å². The number of hydrogen-bond acceptors (Lipinski definition) is 4. The van der Waals surface area contributed by atoms with Gasteiger partial charge in [-0.05, 0) is 36.7 Å². The van der Waals surface area contributed by atoms with E-state index in [0.717, 1.165) is 31.8 Å². The number of likely N-dealkylation sites (N-methyl/N-ethyl adjacent to an activating group) is 1. The first kappa shape index (κ1) is 12.7. The molecule has 0 saturated carbocycles. The Kier molecular flexibility index (Phi) is 4.41. The molecule has 5 nitrogen and oxygen atoms in total. The molecule has 2 aromatic rings. The number of nitrogens with zero attached hydrogens (tertiary/aromatic N) is 4. The molecule has 0 aliphatic carbocycles. The predicted molar refractivity (Wildman–Crippen MR) is 70.3 cm³/mol. The molecular weight excluding hydrogens is 226 g/mol. The number of benzene rings is 1. The standard InChI is InChI=1S/C13H19N5/c1-11-5-3-4-6-12(11)7-8-13-15-17-18(16-13)10-9-14-2/h3-6,14H,7-10H2,1-2H3. The summed E-state index contributed by atoms with van der Waals surface area (Å²) in [4.78, 5) is 1.64. The fourth-order valence-corrected chi connectivity index (χ4v) is 1.82. The maximum atomic E-state index is 4.35. The molecule has 0 saturated heterocycles. The average molecular weight is 245 g/mol. The highest BCUT2D eigenvalue weighted by atomic mass is 15.6. The van der Waals surface area contributed by atoms with Gasteiger partial charge in [0.1, 0.15) is 0 Å². The minimum atomic E-state index is 0.758. The summed E-state index contributed by atoms with van der Waals surface area (Å²) in [6.45, 7) is 3.74. The molecule has 5 heteroatoms. The number of tetrazole rings is 1. The van der Waals surface area contributed by atoms with Gasteiger partial charge < -0.3 is 5.32 Å². The molecule has 1 N–H and O–H groups in total. The van der Waals surface area contributed by atoms with Gasteiger partial charge in [0.05, 0.1) is 6.54 Å². The molecular formula is C13H19N5. The van der Waals surface area contributed by atoms with Gasteiger partial charge in [-0.2, -0.15) is 4.80 Å². The van der Waals surface area contributed by atoms with E-state index in [1.807, 2.05) is 7.05 Å². The molecule has 96 valence electrons. The van der Waals surface area contributed by atoms with Crippen LogP contribution >= 0.6 is 0 Å². The van der Waals surface area contributed by atoms with Crippen molar-refractivity contribution in [2.45, 2.75) is 26.3 Å². The highest BCUT2D eigenvalue weighted by molar-refractivity contribution is 5.25. The highest BCUT2D eigenvalue weighted by Gasteiger charge is 2.04. The third-order valence-corrected chi connectivity index (χ3v) is 2.94. The van der Waals surface area contributed by atoms with Crippen LogP contribution in [0.2, 0.25) is 0 Å². The first-order chi connectivity index (χ1) is 8.79. The van der Waals surface area contributed by atoms with Crippen LogP contribution in [0.15, 0.2) is 24.3 Å². The summed E-state index contributed by atoms with van der Waals surface area (Å²) in [5.41, 5.74) is 2.67. The topological polar surface area (TPSA) is 55.6 Å². The minimum absolute atomic E-state index is 0.758. The minimum Gasteiger partial charge on any atom is -0.318 e. The summed E-state index contributed by atoms with van der Waals surface area (Å²) in [5.74, 6) is 0.814. The summed E-state index contributed by atoms with van der Waals surface area (Å²) >= 11 is 0. The number of hydrogen-bond donors (Lipinski definition) is 1. The maximum Gasteiger partial charge on any atom is 0.175 e. The molecule has 1 aromatic carbocycles. The molecule has 0 atom stereocenters. The van der Waals surface area contributed by atoms with E-state index in [2.05, 4.69) is 51.9 Å². The zero-order valence-corrected chi connectivity index (χ0v) is 10.9. The quantitative estimate of drug-likeness (QED) is 0.824. The summed E-state index contributed by atoms with van der Waals surface area (Å²) in [6.07, 6.45) is 1.80. The number of nitrogens with one attached hydrogen (secondary N) is 1. The van der Waals surface area contributed by atoms with Crippen LogP contribution in [-0.2, 0) is 19.4 Å². The van der Waals surface area contributed by atoms with Crippen LogP contribution in [0.4, 0.5) is 0 Å². The molecule has 0 amide bonds. The van der Waals surface area contributed by atoms with Crippen molar-refractivity contribution in [1.29, 1.82) is 0 Å². The second-order valence-corrected chi connectivity index (χ2v) is 4.33. The van der Waals surface area contributed by atoms with Crippen molar-refractivity contribution in [3.05, 3.63) is 41.2 Å². The lowest BCUT2D eigenvalue weighted by Gasteiger charge is -2.02. The summed E-state index contributed by atoms with van der Waals surface area (Å²) in [6, 6.07) is 8.41. The highest BCUT2D eigenvalue weighted by Crippen LogP contribution is 2.09. The lowest BCUT2D eigenvalue weighted by Crippen LogP contribution is -2.16. The largest absolute Gasteiger partial charge is 0.318 e. The van der Waals surface area contributed by atoms with E-state index >= 15 is 0 Å². The van der Waals surface area contributed by atoms with Gasteiger partial charge in [-0.1, -0.05) is 24.3 Å². The van der Waals surface area contributed by atoms with E-state index in [4.69, 9.17) is 0 Å². The zero-order valence-electron chi connectivity index (χ0n) is 10.9. The third-order valence-electron chi connectivity index (χ3n) is 2.94. The van der Waals surface area contributed by atoms with Crippen LogP contribution in [-0.4, -0.2) is 33.8 Å². The molecule has 0 aliphatic heterocycles. The van der Waals surface area contributed by atoms with Crippen molar-refractivity contribution in [1.82, 2.24) is 25.5 Å². The normalized spacial score (nSPS) is 10.8. The van der Waals surface area contributed by atoms with Crippen LogP contribution in [0.1, 0.15) is 17.0 Å². The van der Waals surface area contributed by atoms with Crippen LogP contribution < -0.4 is 5.32 Å². The van der Waals surface area contributed by atoms with Crippen molar-refractivity contribution in [3.8, 4) is 0 Å². The summed E-state index contributed by atoms with van der Waals surface area (Å²) < 4.78 is 0. The Balaban J connectivity index is 1.90.